The number of hydrogen-bond acceptors (Lipinski definition) is 2. The Morgan fingerprint density at radius 1 is 0.364 bits per heavy atom. The molecule has 44 heavy (non-hydrogen) atoms. The van der Waals surface area contributed by atoms with E-state index in [1.807, 2.05) is 11.3 Å². The van der Waals surface area contributed by atoms with E-state index in [4.69, 9.17) is 0 Å². The van der Waals surface area contributed by atoms with E-state index in [9.17, 15) is 0 Å². The van der Waals surface area contributed by atoms with Crippen molar-refractivity contribution in [2.75, 3.05) is 4.90 Å². The van der Waals surface area contributed by atoms with E-state index in [0.717, 1.165) is 17.1 Å². The van der Waals surface area contributed by atoms with Gasteiger partial charge in [-0.1, -0.05) is 121 Å². The minimum absolute atomic E-state index is 1.13. The highest BCUT2D eigenvalue weighted by Crippen LogP contribution is 2.43. The number of rotatable bonds is 4. The molecule has 0 saturated heterocycles. The van der Waals surface area contributed by atoms with E-state index in [0.29, 0.717) is 0 Å². The van der Waals surface area contributed by atoms with Crippen LogP contribution in [0.25, 0.3) is 63.6 Å². The zero-order valence-corrected chi connectivity index (χ0v) is 24.8. The molecule has 206 valence electrons. The van der Waals surface area contributed by atoms with E-state index in [1.54, 1.807) is 0 Å². The van der Waals surface area contributed by atoms with Gasteiger partial charge >= 0.3 is 0 Å². The molecule has 0 fully saturated rings. The molecule has 0 atom stereocenters. The first-order valence-corrected chi connectivity index (χ1v) is 15.8. The predicted octanol–water partition coefficient (Wildman–Crippen LogP) is 12.7. The number of thiophene rings is 1. The van der Waals surface area contributed by atoms with Crippen molar-refractivity contribution < 1.29 is 0 Å². The molecule has 0 aliphatic carbocycles. The van der Waals surface area contributed by atoms with Gasteiger partial charge in [-0.15, -0.1) is 11.3 Å². The molecule has 1 aromatic heterocycles. The first-order chi connectivity index (χ1) is 21.8. The molecule has 0 N–H and O–H groups in total. The van der Waals surface area contributed by atoms with Crippen molar-refractivity contribution in [3.63, 3.8) is 0 Å². The highest BCUT2D eigenvalue weighted by atomic mass is 32.1. The monoisotopic (exact) mass is 577 g/mol. The van der Waals surface area contributed by atoms with Crippen LogP contribution in [0.3, 0.4) is 0 Å². The Balaban J connectivity index is 1.28. The molecule has 2 heteroatoms. The van der Waals surface area contributed by atoms with E-state index >= 15 is 0 Å². The summed E-state index contributed by atoms with van der Waals surface area (Å²) in [6.45, 7) is 0. The quantitative estimate of drug-likeness (QED) is 0.188. The molecule has 0 spiro atoms. The van der Waals surface area contributed by atoms with Gasteiger partial charge in [0.1, 0.15) is 0 Å². The van der Waals surface area contributed by atoms with Crippen molar-refractivity contribution in [3.8, 4) is 11.1 Å². The van der Waals surface area contributed by atoms with Crippen molar-refractivity contribution in [1.82, 2.24) is 0 Å². The predicted molar refractivity (Wildman–Crippen MR) is 192 cm³/mol. The lowest BCUT2D eigenvalue weighted by Gasteiger charge is -2.26. The smallest absolute Gasteiger partial charge is 0.0468 e. The lowest BCUT2D eigenvalue weighted by atomic mass is 9.98. The second kappa shape index (κ2) is 10.1. The Hall–Kier alpha value is -5.44. The fourth-order valence-corrected chi connectivity index (χ4v) is 7.91. The molecule has 0 amide bonds. The third kappa shape index (κ3) is 4.07. The highest BCUT2D eigenvalue weighted by Gasteiger charge is 2.16. The molecule has 8 aromatic carbocycles. The third-order valence-corrected chi connectivity index (χ3v) is 10.0. The Kier molecular flexibility index (Phi) is 5.75. The SMILES string of the molecule is c1ccc(-c2ccc(N(c3ccc4ccccc4c3)c3ccc4ccc5ccc6c7ccccc7sc6c5c4c3)cc2)cc1. The zero-order chi connectivity index (χ0) is 29.0. The van der Waals surface area contributed by atoms with Crippen molar-refractivity contribution in [2.45, 2.75) is 0 Å². The first-order valence-electron chi connectivity index (χ1n) is 15.0. The van der Waals surface area contributed by atoms with Crippen LogP contribution in [0.2, 0.25) is 0 Å². The molecule has 9 rings (SSSR count). The fourth-order valence-electron chi connectivity index (χ4n) is 6.64. The van der Waals surface area contributed by atoms with Gasteiger partial charge in [-0.2, -0.15) is 0 Å². The number of anilines is 3. The Morgan fingerprint density at radius 2 is 0.977 bits per heavy atom. The maximum absolute atomic E-state index is 2.39. The van der Waals surface area contributed by atoms with Crippen LogP contribution in [0.5, 0.6) is 0 Å². The van der Waals surface area contributed by atoms with Gasteiger partial charge in [-0.05, 0) is 80.5 Å². The summed E-state index contributed by atoms with van der Waals surface area (Å²) in [5, 5.41) is 10.3. The summed E-state index contributed by atoms with van der Waals surface area (Å²) in [5.41, 5.74) is 5.85. The molecule has 0 aliphatic heterocycles. The van der Waals surface area contributed by atoms with Gasteiger partial charge in [-0.25, -0.2) is 0 Å². The van der Waals surface area contributed by atoms with Crippen LogP contribution in [0.15, 0.2) is 164 Å². The number of benzene rings is 8. The molecule has 0 bridgehead atoms. The minimum atomic E-state index is 1.13. The van der Waals surface area contributed by atoms with Gasteiger partial charge in [0.15, 0.2) is 0 Å². The van der Waals surface area contributed by atoms with E-state index in [-0.39, 0.29) is 0 Å². The molecular formula is C42H27NS. The Bertz CT molecular complexity index is 2490. The van der Waals surface area contributed by atoms with Crippen LogP contribution >= 0.6 is 11.3 Å². The van der Waals surface area contributed by atoms with Crippen molar-refractivity contribution in [1.29, 1.82) is 0 Å². The van der Waals surface area contributed by atoms with Crippen LogP contribution in [-0.2, 0) is 0 Å². The van der Waals surface area contributed by atoms with Gasteiger partial charge in [0.25, 0.3) is 0 Å². The zero-order valence-electron chi connectivity index (χ0n) is 23.9. The lowest BCUT2D eigenvalue weighted by molar-refractivity contribution is 1.29. The molecule has 1 heterocycles. The summed E-state index contributed by atoms with van der Waals surface area (Å²) in [7, 11) is 0. The number of hydrogen-bond donors (Lipinski definition) is 0. The van der Waals surface area contributed by atoms with Gasteiger partial charge in [0, 0.05) is 42.6 Å². The minimum Gasteiger partial charge on any atom is -0.310 e. The Labute approximate surface area is 259 Å². The topological polar surface area (TPSA) is 3.24 Å². The number of nitrogens with zero attached hydrogens (tertiary/aromatic N) is 1. The fraction of sp³-hybridized carbons (Fsp3) is 0. The summed E-state index contributed by atoms with van der Waals surface area (Å²) in [4.78, 5) is 2.39. The van der Waals surface area contributed by atoms with E-state index < -0.39 is 0 Å². The van der Waals surface area contributed by atoms with E-state index in [2.05, 4.69) is 169 Å². The standard InChI is InChI=1S/C42H27NS/c1-2-8-28(9-3-1)30-16-21-34(22-17-30)43(35-23-18-29-10-4-5-11-33(29)26-35)36-24-19-31-14-15-32-20-25-38-37-12-6-7-13-40(37)44-42(38)41(32)39(31)27-36/h1-27H. The average Bonchev–Trinajstić information content (AvgIpc) is 3.48. The molecule has 9 aromatic rings. The van der Waals surface area contributed by atoms with Gasteiger partial charge in [0.2, 0.25) is 0 Å². The largest absolute Gasteiger partial charge is 0.310 e. The van der Waals surface area contributed by atoms with Crippen LogP contribution < -0.4 is 4.90 Å². The lowest BCUT2D eigenvalue weighted by Crippen LogP contribution is -2.10. The molecule has 0 aliphatic rings. The van der Waals surface area contributed by atoms with Crippen LogP contribution in [0, 0.1) is 0 Å². The van der Waals surface area contributed by atoms with Gasteiger partial charge in [0.05, 0.1) is 0 Å². The van der Waals surface area contributed by atoms with Crippen molar-refractivity contribution >= 4 is 80.9 Å². The maximum atomic E-state index is 2.39. The summed E-state index contributed by atoms with van der Waals surface area (Å²) >= 11 is 1.90. The van der Waals surface area contributed by atoms with Crippen molar-refractivity contribution in [2.24, 2.45) is 0 Å². The Morgan fingerprint density at radius 3 is 1.84 bits per heavy atom. The van der Waals surface area contributed by atoms with E-state index in [1.165, 1.54) is 63.6 Å². The summed E-state index contributed by atoms with van der Waals surface area (Å²) in [5.74, 6) is 0. The molecular weight excluding hydrogens is 551 g/mol. The average molecular weight is 578 g/mol. The van der Waals surface area contributed by atoms with Gasteiger partial charge in [-0.3, -0.25) is 0 Å². The first kappa shape index (κ1) is 25.1. The number of fused-ring (bicyclic) bond motifs is 8. The molecule has 0 saturated carbocycles. The summed E-state index contributed by atoms with van der Waals surface area (Å²) in [6.07, 6.45) is 0. The second-order valence-corrected chi connectivity index (χ2v) is 12.4. The summed E-state index contributed by atoms with van der Waals surface area (Å²) < 4.78 is 2.69. The maximum Gasteiger partial charge on any atom is 0.0468 e. The normalized spacial score (nSPS) is 11.6. The third-order valence-electron chi connectivity index (χ3n) is 8.81. The molecule has 0 radical (unpaired) electrons. The van der Waals surface area contributed by atoms with Gasteiger partial charge < -0.3 is 4.90 Å². The highest BCUT2D eigenvalue weighted by molar-refractivity contribution is 7.26. The van der Waals surface area contributed by atoms with Crippen LogP contribution in [0.4, 0.5) is 17.1 Å². The van der Waals surface area contributed by atoms with Crippen LogP contribution in [0.1, 0.15) is 0 Å². The van der Waals surface area contributed by atoms with Crippen LogP contribution in [-0.4, -0.2) is 0 Å². The van der Waals surface area contributed by atoms with Crippen molar-refractivity contribution in [3.05, 3.63) is 164 Å². The molecule has 0 unspecified atom stereocenters. The molecule has 1 nitrogen and oxygen atoms in total. The summed E-state index contributed by atoms with van der Waals surface area (Å²) in [6, 6.07) is 59.7. The second-order valence-electron chi connectivity index (χ2n) is 11.4.